The van der Waals surface area contributed by atoms with Crippen LogP contribution < -0.4 is 22.1 Å². The van der Waals surface area contributed by atoms with Gasteiger partial charge in [0.25, 0.3) is 11.8 Å². The maximum absolute atomic E-state index is 14.1. The lowest BCUT2D eigenvalue weighted by Gasteiger charge is -2.03. The number of nitrogens with zero attached hydrogens (tertiary/aromatic N) is 2. The Labute approximate surface area is 219 Å². The van der Waals surface area contributed by atoms with Crippen LogP contribution in [0.15, 0.2) is 79.7 Å². The minimum absolute atomic E-state index is 0.00401. The number of rotatable bonds is 5. The highest BCUT2D eigenvalue weighted by molar-refractivity contribution is 6.33. The van der Waals surface area contributed by atoms with E-state index >= 15 is 0 Å². The summed E-state index contributed by atoms with van der Waals surface area (Å²) in [5.41, 5.74) is 12.3. The number of amides is 2. The molecule has 0 aliphatic carbocycles. The highest BCUT2D eigenvalue weighted by Crippen LogP contribution is 2.31. The Balaban J connectivity index is 1.38. The molecule has 0 aliphatic heterocycles. The van der Waals surface area contributed by atoms with Crippen LogP contribution >= 0.6 is 11.6 Å². The Morgan fingerprint density at radius 1 is 0.816 bits per heavy atom. The predicted octanol–water partition coefficient (Wildman–Crippen LogP) is 4.15. The summed E-state index contributed by atoms with van der Waals surface area (Å²) in [7, 11) is 0. The molecule has 0 spiro atoms. The molecule has 2 aromatic heterocycles. The second kappa shape index (κ2) is 11.0. The summed E-state index contributed by atoms with van der Waals surface area (Å²) in [5, 5.41) is 11.5. The van der Waals surface area contributed by atoms with E-state index in [9.17, 15) is 18.4 Å². The summed E-state index contributed by atoms with van der Waals surface area (Å²) in [6.07, 6.45) is 0. The Bertz CT molecular complexity index is 1570. The minimum atomic E-state index is -0.811. The van der Waals surface area contributed by atoms with E-state index in [2.05, 4.69) is 20.8 Å². The second-order valence-corrected chi connectivity index (χ2v) is 8.19. The molecule has 4 rings (SSSR count). The summed E-state index contributed by atoms with van der Waals surface area (Å²) in [4.78, 5) is 24.7. The van der Waals surface area contributed by atoms with Gasteiger partial charge in [-0.05, 0) is 55.5 Å². The highest BCUT2D eigenvalue weighted by Gasteiger charge is 2.18. The van der Waals surface area contributed by atoms with Crippen LogP contribution in [0.3, 0.4) is 0 Å². The van der Waals surface area contributed by atoms with Crippen molar-refractivity contribution in [1.29, 1.82) is 0 Å². The van der Waals surface area contributed by atoms with E-state index in [1.54, 1.807) is 19.1 Å². The van der Waals surface area contributed by atoms with E-state index in [-0.39, 0.29) is 39.2 Å². The largest absolute Gasteiger partial charge is 0.451 e. The van der Waals surface area contributed by atoms with Gasteiger partial charge in [-0.15, -0.1) is 10.2 Å². The molecule has 0 fully saturated rings. The lowest BCUT2D eigenvalue weighted by molar-refractivity contribution is 0.0942. The van der Waals surface area contributed by atoms with Gasteiger partial charge in [-0.3, -0.25) is 20.2 Å². The zero-order valence-electron chi connectivity index (χ0n) is 19.6. The number of nitrogens with one attached hydrogen (secondary N) is 2. The summed E-state index contributed by atoms with van der Waals surface area (Å²) < 4.78 is 39.0. The number of guanidine groups is 2. The third-order valence-corrected chi connectivity index (χ3v) is 5.32. The molecule has 194 valence electrons. The van der Waals surface area contributed by atoms with Crippen LogP contribution in [0.5, 0.6) is 0 Å². The number of carbonyl (C=O) groups is 2. The number of halogens is 3. The van der Waals surface area contributed by atoms with E-state index < -0.39 is 35.4 Å². The Morgan fingerprint density at radius 2 is 1.39 bits per heavy atom. The van der Waals surface area contributed by atoms with Gasteiger partial charge in [-0.25, -0.2) is 8.78 Å². The molecule has 0 saturated carbocycles. The molecule has 2 aromatic carbocycles. The summed E-state index contributed by atoms with van der Waals surface area (Å²) in [5.74, 6) is -3.86. The molecule has 0 saturated heterocycles. The first-order chi connectivity index (χ1) is 18.1. The van der Waals surface area contributed by atoms with Crippen molar-refractivity contribution >= 4 is 35.3 Å². The van der Waals surface area contributed by atoms with Gasteiger partial charge in [-0.2, -0.15) is 0 Å². The molecule has 38 heavy (non-hydrogen) atoms. The van der Waals surface area contributed by atoms with E-state index in [4.69, 9.17) is 31.9 Å². The monoisotopic (exact) mass is 540 g/mol. The van der Waals surface area contributed by atoms with Crippen LogP contribution in [-0.2, 0) is 0 Å². The minimum Gasteiger partial charge on any atom is -0.451 e. The fourth-order valence-corrected chi connectivity index (χ4v) is 3.53. The maximum Gasteiger partial charge on any atom is 0.293 e. The van der Waals surface area contributed by atoms with Crippen molar-refractivity contribution in [3.05, 3.63) is 94.4 Å². The van der Waals surface area contributed by atoms with Crippen molar-refractivity contribution in [3.63, 3.8) is 0 Å². The van der Waals surface area contributed by atoms with E-state index in [1.807, 2.05) is 0 Å². The molecule has 0 aliphatic rings. The number of aryl methyl sites for hydroxylation is 1. The Kier molecular flexibility index (Phi) is 7.53. The van der Waals surface area contributed by atoms with Crippen LogP contribution in [-0.4, -0.2) is 23.7 Å². The third kappa shape index (κ3) is 5.87. The number of hydrogen-bond donors (Lipinski definition) is 4. The molecular weight excluding hydrogens is 522 g/mol. The molecule has 0 bridgehead atoms. The van der Waals surface area contributed by atoms with Gasteiger partial charge in [-0.1, -0.05) is 29.3 Å². The Morgan fingerprint density at radius 3 is 2.00 bits per heavy atom. The van der Waals surface area contributed by atoms with Crippen LogP contribution in [0.25, 0.3) is 22.6 Å². The number of benzene rings is 2. The van der Waals surface area contributed by atoms with E-state index in [0.717, 1.165) is 5.56 Å². The van der Waals surface area contributed by atoms with Crippen molar-refractivity contribution in [3.8, 4) is 22.6 Å². The first-order valence-corrected chi connectivity index (χ1v) is 11.2. The summed E-state index contributed by atoms with van der Waals surface area (Å²) in [6.45, 7) is 1.79. The Hall–Kier alpha value is -4.97. The first-order valence-electron chi connectivity index (χ1n) is 10.8. The van der Waals surface area contributed by atoms with Crippen LogP contribution in [0.4, 0.5) is 8.78 Å². The first kappa shape index (κ1) is 26.1. The fraction of sp³-hybridized carbons (Fsp3) is 0.0400. The maximum atomic E-state index is 14.1. The van der Waals surface area contributed by atoms with Crippen molar-refractivity contribution in [2.45, 2.75) is 6.92 Å². The SMILES string of the molecule is Cc1ccc(F)c(-c2ccc(C(=O)NC(N)=NN=C(N)NC(=O)c3ccc(-c4c(F)cccc4Cl)o3)o2)c1. The molecule has 2 heterocycles. The smallest absolute Gasteiger partial charge is 0.293 e. The van der Waals surface area contributed by atoms with Crippen LogP contribution in [0.2, 0.25) is 5.02 Å². The molecule has 13 heteroatoms. The van der Waals surface area contributed by atoms with Gasteiger partial charge in [0, 0.05) is 0 Å². The molecule has 0 radical (unpaired) electrons. The number of nitrogens with two attached hydrogens (primary N) is 2. The molecule has 6 N–H and O–H groups in total. The molecule has 0 unspecified atom stereocenters. The third-order valence-electron chi connectivity index (χ3n) is 5.00. The van der Waals surface area contributed by atoms with Gasteiger partial charge in [0.1, 0.15) is 23.2 Å². The van der Waals surface area contributed by atoms with Crippen LogP contribution in [0.1, 0.15) is 26.7 Å². The number of carbonyl (C=O) groups excluding carboxylic acids is 2. The topological polar surface area (TPSA) is 161 Å². The summed E-state index contributed by atoms with van der Waals surface area (Å²) >= 11 is 6.01. The van der Waals surface area contributed by atoms with Gasteiger partial charge in [0.05, 0.1) is 16.1 Å². The quantitative estimate of drug-likeness (QED) is 0.169. The van der Waals surface area contributed by atoms with Crippen LogP contribution in [0, 0.1) is 18.6 Å². The van der Waals surface area contributed by atoms with E-state index in [1.165, 1.54) is 48.5 Å². The average molecular weight is 541 g/mol. The van der Waals surface area contributed by atoms with Gasteiger partial charge < -0.3 is 20.3 Å². The lowest BCUT2D eigenvalue weighted by atomic mass is 10.1. The standard InChI is InChI=1S/C25H19ClF2N6O4/c1-12-5-6-15(27)13(11-12)17-7-9-19(37-17)22(35)31-24(29)33-34-25(30)32-23(36)20-10-8-18(38-20)21-14(26)3-2-4-16(21)28/h2-11H,1H3,(H3,29,31,33,35)(H3,30,32,34,36). The molecule has 2 amide bonds. The molecule has 4 aromatic rings. The molecule has 10 nitrogen and oxygen atoms in total. The zero-order chi connectivity index (χ0) is 27.4. The fourth-order valence-electron chi connectivity index (χ4n) is 3.27. The van der Waals surface area contributed by atoms with Gasteiger partial charge >= 0.3 is 0 Å². The van der Waals surface area contributed by atoms with Crippen molar-refractivity contribution in [1.82, 2.24) is 10.6 Å². The van der Waals surface area contributed by atoms with Crippen molar-refractivity contribution in [2.24, 2.45) is 21.7 Å². The number of hydrogen-bond acceptors (Lipinski definition) is 6. The van der Waals surface area contributed by atoms with Crippen molar-refractivity contribution in [2.75, 3.05) is 0 Å². The van der Waals surface area contributed by atoms with Gasteiger partial charge in [0.15, 0.2) is 11.5 Å². The number of furan rings is 2. The normalized spacial score (nSPS) is 11.9. The zero-order valence-corrected chi connectivity index (χ0v) is 20.3. The second-order valence-electron chi connectivity index (χ2n) is 7.79. The average Bonchev–Trinajstić information content (AvgIpc) is 3.55. The van der Waals surface area contributed by atoms with E-state index in [0.29, 0.717) is 0 Å². The highest BCUT2D eigenvalue weighted by atomic mass is 35.5. The molecular formula is C25H19ClF2N6O4. The lowest BCUT2D eigenvalue weighted by Crippen LogP contribution is -2.38. The predicted molar refractivity (Wildman–Crippen MR) is 136 cm³/mol. The molecule has 0 atom stereocenters. The van der Waals surface area contributed by atoms with Crippen molar-refractivity contribution < 1.29 is 27.2 Å². The van der Waals surface area contributed by atoms with Gasteiger partial charge in [0.2, 0.25) is 11.9 Å². The summed E-state index contributed by atoms with van der Waals surface area (Å²) in [6, 6.07) is 14.0.